The van der Waals surface area contributed by atoms with Crippen molar-refractivity contribution < 1.29 is 22.7 Å². The number of rotatable bonds is 5. The summed E-state index contributed by atoms with van der Waals surface area (Å²) in [5.41, 5.74) is 0.526. The lowest BCUT2D eigenvalue weighted by Crippen LogP contribution is -2.18. The quantitative estimate of drug-likeness (QED) is 0.823. The molecule has 0 aromatic heterocycles. The average Bonchev–Trinajstić information content (AvgIpc) is 3.14. The van der Waals surface area contributed by atoms with E-state index in [2.05, 4.69) is 0 Å². The molecule has 6 nitrogen and oxygen atoms in total. The molecule has 3 rings (SSSR count). The molecule has 1 aromatic rings. The highest BCUT2D eigenvalue weighted by Crippen LogP contribution is 2.36. The van der Waals surface area contributed by atoms with Crippen LogP contribution in [0, 0.1) is 5.92 Å². The Morgan fingerprint density at radius 3 is 2.81 bits per heavy atom. The Bertz CT molecular complexity index is 666. The van der Waals surface area contributed by atoms with Gasteiger partial charge in [0.15, 0.2) is 0 Å². The molecule has 1 unspecified atom stereocenters. The van der Waals surface area contributed by atoms with Crippen molar-refractivity contribution >= 4 is 16.0 Å². The van der Waals surface area contributed by atoms with Crippen molar-refractivity contribution in [3.63, 3.8) is 0 Å². The van der Waals surface area contributed by atoms with Crippen LogP contribution in [0.15, 0.2) is 23.1 Å². The second-order valence-electron chi connectivity index (χ2n) is 5.51. The van der Waals surface area contributed by atoms with Gasteiger partial charge in [-0.2, -0.15) is 0 Å². The number of esters is 1. The lowest BCUT2D eigenvalue weighted by molar-refractivity contribution is -0.145. The fourth-order valence-electron chi connectivity index (χ4n) is 2.40. The minimum absolute atomic E-state index is 0.0254. The number of sulfonamides is 1. The third-order valence-corrected chi connectivity index (χ3v) is 4.75. The number of primary sulfonamides is 1. The maximum Gasteiger partial charge on any atom is 0.317 e. The summed E-state index contributed by atoms with van der Waals surface area (Å²) in [6.45, 7) is 0.579. The summed E-state index contributed by atoms with van der Waals surface area (Å²) >= 11 is 0. The summed E-state index contributed by atoms with van der Waals surface area (Å²) in [5.74, 6) is 0.243. The van der Waals surface area contributed by atoms with Crippen molar-refractivity contribution in [2.45, 2.75) is 30.1 Å². The third kappa shape index (κ3) is 3.19. The van der Waals surface area contributed by atoms with Crippen LogP contribution in [0.5, 0.6) is 5.75 Å². The van der Waals surface area contributed by atoms with Gasteiger partial charge in [0, 0.05) is 5.56 Å². The molecule has 0 bridgehead atoms. The first-order valence-corrected chi connectivity index (χ1v) is 8.46. The molecule has 2 aliphatic rings. The summed E-state index contributed by atoms with van der Waals surface area (Å²) in [7, 11) is -3.80. The smallest absolute Gasteiger partial charge is 0.317 e. The van der Waals surface area contributed by atoms with Crippen molar-refractivity contribution in [2.24, 2.45) is 11.1 Å². The van der Waals surface area contributed by atoms with Gasteiger partial charge in [-0.1, -0.05) is 12.8 Å². The van der Waals surface area contributed by atoms with Gasteiger partial charge in [0.05, 0.1) is 11.5 Å². The molecule has 1 fully saturated rings. The van der Waals surface area contributed by atoms with Gasteiger partial charge in [-0.05, 0) is 30.5 Å². The van der Waals surface area contributed by atoms with Gasteiger partial charge in [0.1, 0.15) is 18.3 Å². The van der Waals surface area contributed by atoms with Crippen LogP contribution >= 0.6 is 0 Å². The molecule has 1 aliphatic heterocycles. The maximum atomic E-state index is 12.1. The van der Waals surface area contributed by atoms with Crippen LogP contribution in [0.3, 0.4) is 0 Å². The SMILES string of the molecule is NS(=O)(=O)c1ccc2c(c1)C(C(=O)OCCC1CC1)CO2. The molecule has 2 N–H and O–H groups in total. The zero-order valence-electron chi connectivity index (χ0n) is 11.4. The molecule has 0 saturated heterocycles. The van der Waals surface area contributed by atoms with Crippen molar-refractivity contribution in [3.8, 4) is 5.75 Å². The average molecular weight is 311 g/mol. The van der Waals surface area contributed by atoms with Crippen LogP contribution in [0.25, 0.3) is 0 Å². The minimum Gasteiger partial charge on any atom is -0.492 e. The van der Waals surface area contributed by atoms with Crippen molar-refractivity contribution in [2.75, 3.05) is 13.2 Å². The summed E-state index contributed by atoms with van der Waals surface area (Å²) in [6.07, 6.45) is 3.32. The lowest BCUT2D eigenvalue weighted by atomic mass is 10.0. The summed E-state index contributed by atoms with van der Waals surface area (Å²) in [5, 5.41) is 5.11. The lowest BCUT2D eigenvalue weighted by Gasteiger charge is -2.10. The normalized spacial score (nSPS) is 20.7. The predicted octanol–water partition coefficient (Wildman–Crippen LogP) is 1.15. The van der Waals surface area contributed by atoms with E-state index in [0.717, 1.165) is 6.42 Å². The van der Waals surface area contributed by atoms with Crippen LogP contribution < -0.4 is 9.88 Å². The Hall–Kier alpha value is -1.60. The first-order valence-electron chi connectivity index (χ1n) is 6.91. The maximum absolute atomic E-state index is 12.1. The molecule has 21 heavy (non-hydrogen) atoms. The van der Waals surface area contributed by atoms with Crippen molar-refractivity contribution in [3.05, 3.63) is 23.8 Å². The van der Waals surface area contributed by atoms with Crippen LogP contribution in [0.1, 0.15) is 30.7 Å². The van der Waals surface area contributed by atoms with Crippen LogP contribution in [0.2, 0.25) is 0 Å². The van der Waals surface area contributed by atoms with E-state index in [9.17, 15) is 13.2 Å². The molecule has 114 valence electrons. The van der Waals surface area contributed by atoms with Crippen LogP contribution in [-0.4, -0.2) is 27.6 Å². The Labute approximate surface area is 123 Å². The molecule has 1 saturated carbocycles. The van der Waals surface area contributed by atoms with Gasteiger partial charge in [0.25, 0.3) is 0 Å². The fourth-order valence-corrected chi connectivity index (χ4v) is 2.95. The molecule has 0 amide bonds. The Balaban J connectivity index is 1.73. The monoisotopic (exact) mass is 311 g/mol. The molecule has 7 heteroatoms. The molecule has 1 heterocycles. The fraction of sp³-hybridized carbons (Fsp3) is 0.500. The Kier molecular flexibility index (Phi) is 3.62. The number of fused-ring (bicyclic) bond motifs is 1. The predicted molar refractivity (Wildman–Crippen MR) is 74.4 cm³/mol. The third-order valence-electron chi connectivity index (χ3n) is 3.84. The van der Waals surface area contributed by atoms with Crippen LogP contribution in [0.4, 0.5) is 0 Å². The van der Waals surface area contributed by atoms with Gasteiger partial charge < -0.3 is 9.47 Å². The first-order chi connectivity index (χ1) is 9.95. The second kappa shape index (κ2) is 5.31. The van der Waals surface area contributed by atoms with Gasteiger partial charge in [-0.25, -0.2) is 13.6 Å². The zero-order valence-corrected chi connectivity index (χ0v) is 12.3. The van der Waals surface area contributed by atoms with E-state index in [1.165, 1.54) is 31.0 Å². The standard InChI is InChI=1S/C14H17NO5S/c15-21(17,18)10-3-4-13-11(7-10)12(8-20-13)14(16)19-6-5-9-1-2-9/h3-4,7,9,12H,1-2,5-6,8H2,(H2,15,17,18). The summed E-state index contributed by atoms with van der Waals surface area (Å²) < 4.78 is 33.4. The molecule has 0 radical (unpaired) electrons. The topological polar surface area (TPSA) is 95.7 Å². The number of carbonyl (C=O) groups is 1. The summed E-state index contributed by atoms with van der Waals surface area (Å²) in [4.78, 5) is 12.1. The number of ether oxygens (including phenoxy) is 2. The van der Waals surface area contributed by atoms with Gasteiger partial charge in [-0.3, -0.25) is 4.79 Å². The van der Waals surface area contributed by atoms with Crippen molar-refractivity contribution in [1.82, 2.24) is 0 Å². The van der Waals surface area contributed by atoms with E-state index >= 15 is 0 Å². The first kappa shape index (κ1) is 14.3. The number of nitrogens with two attached hydrogens (primary N) is 1. The van der Waals surface area contributed by atoms with E-state index in [1.807, 2.05) is 0 Å². The molecular weight excluding hydrogens is 294 g/mol. The number of benzene rings is 1. The minimum atomic E-state index is -3.80. The van der Waals surface area contributed by atoms with E-state index in [-0.39, 0.29) is 17.5 Å². The van der Waals surface area contributed by atoms with E-state index < -0.39 is 15.9 Å². The van der Waals surface area contributed by atoms with E-state index in [0.29, 0.717) is 23.8 Å². The highest BCUT2D eigenvalue weighted by Gasteiger charge is 2.33. The van der Waals surface area contributed by atoms with Gasteiger partial charge in [0.2, 0.25) is 10.0 Å². The second-order valence-corrected chi connectivity index (χ2v) is 7.07. The highest BCUT2D eigenvalue weighted by atomic mass is 32.2. The number of hydrogen-bond acceptors (Lipinski definition) is 5. The highest BCUT2D eigenvalue weighted by molar-refractivity contribution is 7.89. The zero-order chi connectivity index (χ0) is 15.0. The van der Waals surface area contributed by atoms with E-state index in [4.69, 9.17) is 14.6 Å². The number of hydrogen-bond donors (Lipinski definition) is 1. The van der Waals surface area contributed by atoms with Gasteiger partial charge in [-0.15, -0.1) is 0 Å². The van der Waals surface area contributed by atoms with Gasteiger partial charge >= 0.3 is 5.97 Å². The largest absolute Gasteiger partial charge is 0.492 e. The molecule has 1 aliphatic carbocycles. The van der Waals surface area contributed by atoms with E-state index in [1.54, 1.807) is 0 Å². The Morgan fingerprint density at radius 2 is 2.14 bits per heavy atom. The molecule has 0 spiro atoms. The summed E-state index contributed by atoms with van der Waals surface area (Å²) in [6, 6.07) is 4.28. The van der Waals surface area contributed by atoms with Crippen LogP contribution in [-0.2, 0) is 19.6 Å². The van der Waals surface area contributed by atoms with Crippen molar-refractivity contribution in [1.29, 1.82) is 0 Å². The molecule has 1 atom stereocenters. The molecular formula is C14H17NO5S. The molecule has 1 aromatic carbocycles. The Morgan fingerprint density at radius 1 is 1.38 bits per heavy atom. The number of carbonyl (C=O) groups excluding carboxylic acids is 1.